The van der Waals surface area contributed by atoms with Crippen molar-refractivity contribution in [3.05, 3.63) is 87.1 Å². The van der Waals surface area contributed by atoms with Crippen molar-refractivity contribution in [1.82, 2.24) is 14.7 Å². The molecule has 0 N–H and O–H groups in total. The normalized spacial score (nSPS) is 20.2. The molecule has 2 aliphatic heterocycles. The molecule has 0 spiro atoms. The molecule has 36 heavy (non-hydrogen) atoms. The first kappa shape index (κ1) is 24.5. The van der Waals surface area contributed by atoms with E-state index in [1.54, 1.807) is 18.4 Å². The zero-order valence-corrected chi connectivity index (χ0v) is 22.0. The number of rotatable bonds is 5. The molecular formula is C29H33N3O3S. The molecule has 7 heteroatoms. The molecule has 0 saturated carbocycles. The molecule has 1 aromatic heterocycles. The van der Waals surface area contributed by atoms with E-state index in [1.807, 2.05) is 60.0 Å². The fourth-order valence-corrected chi connectivity index (χ4v) is 6.35. The smallest absolute Gasteiger partial charge is 0.254 e. The van der Waals surface area contributed by atoms with E-state index >= 15 is 0 Å². The lowest BCUT2D eigenvalue weighted by Crippen LogP contribution is -2.57. The van der Waals surface area contributed by atoms with E-state index in [4.69, 9.17) is 4.74 Å². The average molecular weight is 504 g/mol. The second kappa shape index (κ2) is 10.4. The summed E-state index contributed by atoms with van der Waals surface area (Å²) in [5.41, 5.74) is 4.19. The molecule has 2 aromatic carbocycles. The summed E-state index contributed by atoms with van der Waals surface area (Å²) in [5, 5.41) is 2.15. The number of benzene rings is 2. The minimum atomic E-state index is -0.0305. The molecule has 0 aliphatic carbocycles. The van der Waals surface area contributed by atoms with Gasteiger partial charge in [0, 0.05) is 42.7 Å². The molecule has 1 fully saturated rings. The van der Waals surface area contributed by atoms with Crippen LogP contribution >= 0.6 is 11.3 Å². The largest absolute Gasteiger partial charge is 0.497 e. The lowest BCUT2D eigenvalue weighted by atomic mass is 9.93. The fourth-order valence-electron chi connectivity index (χ4n) is 5.44. The van der Waals surface area contributed by atoms with E-state index < -0.39 is 0 Å². The predicted octanol–water partition coefficient (Wildman–Crippen LogP) is 4.39. The average Bonchev–Trinajstić information content (AvgIpc) is 3.37. The van der Waals surface area contributed by atoms with Gasteiger partial charge in [0.25, 0.3) is 5.91 Å². The van der Waals surface area contributed by atoms with Crippen LogP contribution in [-0.4, -0.2) is 72.4 Å². The molecule has 2 amide bonds. The quantitative estimate of drug-likeness (QED) is 0.518. The summed E-state index contributed by atoms with van der Waals surface area (Å²) in [6.07, 6.45) is 0.960. The molecule has 188 valence electrons. The zero-order valence-electron chi connectivity index (χ0n) is 21.1. The highest BCUT2D eigenvalue weighted by Gasteiger charge is 2.35. The van der Waals surface area contributed by atoms with Crippen LogP contribution in [-0.2, 0) is 11.2 Å². The highest BCUT2D eigenvalue weighted by molar-refractivity contribution is 7.10. The third-order valence-electron chi connectivity index (χ3n) is 7.45. The van der Waals surface area contributed by atoms with E-state index in [0.29, 0.717) is 26.2 Å². The van der Waals surface area contributed by atoms with Crippen molar-refractivity contribution in [3.63, 3.8) is 0 Å². The number of methoxy groups -OCH3 is 1. The van der Waals surface area contributed by atoms with Gasteiger partial charge in [-0.2, -0.15) is 0 Å². The van der Waals surface area contributed by atoms with E-state index in [2.05, 4.69) is 28.5 Å². The Labute approximate surface area is 217 Å². The number of piperazine rings is 1. The number of hydrogen-bond acceptors (Lipinski definition) is 5. The Kier molecular flexibility index (Phi) is 7.12. The van der Waals surface area contributed by atoms with E-state index in [-0.39, 0.29) is 23.9 Å². The van der Waals surface area contributed by atoms with Crippen LogP contribution in [0.5, 0.6) is 5.75 Å². The molecule has 6 nitrogen and oxygen atoms in total. The molecule has 1 saturated heterocycles. The minimum absolute atomic E-state index is 0.0305. The Balaban J connectivity index is 1.28. The van der Waals surface area contributed by atoms with Crippen molar-refractivity contribution >= 4 is 23.2 Å². The first-order chi connectivity index (χ1) is 17.5. The molecule has 0 bridgehead atoms. The Morgan fingerprint density at radius 1 is 1.03 bits per heavy atom. The van der Waals surface area contributed by atoms with Gasteiger partial charge in [0.05, 0.1) is 19.7 Å². The summed E-state index contributed by atoms with van der Waals surface area (Å²) >= 11 is 1.80. The molecule has 5 rings (SSSR count). The van der Waals surface area contributed by atoms with Crippen molar-refractivity contribution in [3.8, 4) is 5.75 Å². The fraction of sp³-hybridized carbons (Fsp3) is 0.379. The maximum Gasteiger partial charge on any atom is 0.254 e. The number of aryl methyl sites for hydroxylation is 1. The number of carbonyl (C=O) groups excluding carboxylic acids is 2. The van der Waals surface area contributed by atoms with E-state index in [0.717, 1.165) is 29.8 Å². The highest BCUT2D eigenvalue weighted by atomic mass is 32.1. The molecule has 3 aromatic rings. The van der Waals surface area contributed by atoms with Crippen molar-refractivity contribution in [2.45, 2.75) is 32.4 Å². The third-order valence-corrected chi connectivity index (χ3v) is 8.45. The van der Waals surface area contributed by atoms with Gasteiger partial charge in [0.15, 0.2) is 0 Å². The monoisotopic (exact) mass is 503 g/mol. The number of nitrogens with zero attached hydrogens (tertiary/aromatic N) is 3. The number of hydrogen-bond donors (Lipinski definition) is 0. The maximum absolute atomic E-state index is 13.5. The number of carbonyl (C=O) groups is 2. The summed E-state index contributed by atoms with van der Waals surface area (Å²) in [7, 11) is 1.67. The summed E-state index contributed by atoms with van der Waals surface area (Å²) in [6.45, 7) is 6.88. The molecule has 2 aliphatic rings. The summed E-state index contributed by atoms with van der Waals surface area (Å²) in [4.78, 5) is 34.2. The van der Waals surface area contributed by atoms with Crippen LogP contribution < -0.4 is 4.74 Å². The predicted molar refractivity (Wildman–Crippen MR) is 143 cm³/mol. The van der Waals surface area contributed by atoms with Crippen LogP contribution in [0.25, 0.3) is 0 Å². The first-order valence-corrected chi connectivity index (χ1v) is 13.4. The Hall–Kier alpha value is -3.16. The molecule has 0 radical (unpaired) electrons. The topological polar surface area (TPSA) is 53.1 Å². The molecule has 2 atom stereocenters. The van der Waals surface area contributed by atoms with Gasteiger partial charge in [-0.25, -0.2) is 0 Å². The highest BCUT2D eigenvalue weighted by Crippen LogP contribution is 2.38. The molecule has 3 heterocycles. The summed E-state index contributed by atoms with van der Waals surface area (Å²) in [6, 6.07) is 18.1. The van der Waals surface area contributed by atoms with Gasteiger partial charge in [-0.1, -0.05) is 30.3 Å². The van der Waals surface area contributed by atoms with Crippen LogP contribution in [0.3, 0.4) is 0 Å². The zero-order chi connectivity index (χ0) is 25.2. The second-order valence-corrected chi connectivity index (χ2v) is 10.7. The number of amides is 2. The number of ether oxygens (including phenoxy) is 1. The Morgan fingerprint density at radius 2 is 1.81 bits per heavy atom. The van der Waals surface area contributed by atoms with Crippen LogP contribution in [0.4, 0.5) is 0 Å². The van der Waals surface area contributed by atoms with Crippen molar-refractivity contribution in [1.29, 1.82) is 0 Å². The lowest BCUT2D eigenvalue weighted by molar-refractivity contribution is -0.135. The standard InChI is InChI=1S/C29H33N3O3S/c1-20-6-4-5-7-24(20)29(34)32-16-15-30(18-21(32)2)27(33)19-31-14-12-26-25(13-17-36-26)28(31)22-8-10-23(35-3)11-9-22/h4-11,13,17,21,28H,12,14-16,18-19H2,1-3H3/t21-,28-/m0/s1. The van der Waals surface area contributed by atoms with Crippen molar-refractivity contribution in [2.24, 2.45) is 0 Å². The number of thiophene rings is 1. The van der Waals surface area contributed by atoms with Gasteiger partial charge >= 0.3 is 0 Å². The lowest BCUT2D eigenvalue weighted by Gasteiger charge is -2.42. The summed E-state index contributed by atoms with van der Waals surface area (Å²) < 4.78 is 5.35. The Morgan fingerprint density at radius 3 is 2.53 bits per heavy atom. The van der Waals surface area contributed by atoms with Gasteiger partial charge < -0.3 is 14.5 Å². The summed E-state index contributed by atoms with van der Waals surface area (Å²) in [5.74, 6) is 1.00. The van der Waals surface area contributed by atoms with Crippen LogP contribution in [0.15, 0.2) is 60.0 Å². The van der Waals surface area contributed by atoms with Crippen molar-refractivity contribution < 1.29 is 14.3 Å². The van der Waals surface area contributed by atoms with Crippen LogP contribution in [0, 0.1) is 6.92 Å². The van der Waals surface area contributed by atoms with Gasteiger partial charge in [0.2, 0.25) is 5.91 Å². The molecular weight excluding hydrogens is 470 g/mol. The minimum Gasteiger partial charge on any atom is -0.497 e. The third kappa shape index (κ3) is 4.77. The SMILES string of the molecule is COc1ccc([C@H]2c3ccsc3CCN2CC(=O)N2CCN(C(=O)c3ccccc3C)[C@@H](C)C2)cc1. The van der Waals surface area contributed by atoms with Crippen LogP contribution in [0.1, 0.15) is 44.9 Å². The Bertz CT molecular complexity index is 1240. The van der Waals surface area contributed by atoms with Gasteiger partial charge in [0.1, 0.15) is 5.75 Å². The van der Waals surface area contributed by atoms with Crippen LogP contribution in [0.2, 0.25) is 0 Å². The van der Waals surface area contributed by atoms with Gasteiger partial charge in [-0.3, -0.25) is 14.5 Å². The van der Waals surface area contributed by atoms with Gasteiger partial charge in [-0.05, 0) is 66.6 Å². The second-order valence-electron chi connectivity index (χ2n) is 9.70. The number of fused-ring (bicyclic) bond motifs is 1. The van der Waals surface area contributed by atoms with Crippen molar-refractivity contribution in [2.75, 3.05) is 39.8 Å². The van der Waals surface area contributed by atoms with E-state index in [9.17, 15) is 9.59 Å². The first-order valence-electron chi connectivity index (χ1n) is 12.5. The molecule has 0 unspecified atom stereocenters. The maximum atomic E-state index is 13.5. The van der Waals surface area contributed by atoms with Gasteiger partial charge in [-0.15, -0.1) is 11.3 Å². The van der Waals surface area contributed by atoms with E-state index in [1.165, 1.54) is 16.0 Å².